The molecular formula is C20H31Cl3N4O6P2S2. The lowest BCUT2D eigenvalue weighted by atomic mass is 10.4. The Kier molecular flexibility index (Phi) is 15.6. The van der Waals surface area contributed by atoms with Gasteiger partial charge in [-0.05, 0) is 40.7 Å². The van der Waals surface area contributed by atoms with Crippen molar-refractivity contribution >= 4 is 77.8 Å². The van der Waals surface area contributed by atoms with Gasteiger partial charge in [-0.1, -0.05) is 34.8 Å². The van der Waals surface area contributed by atoms with Crippen molar-refractivity contribution in [3.05, 3.63) is 33.0 Å². The molecule has 0 aliphatic carbocycles. The second kappa shape index (κ2) is 16.7. The minimum Gasteiger partial charge on any atom is -0.405 e. The van der Waals surface area contributed by atoms with Gasteiger partial charge in [0.2, 0.25) is 17.7 Å². The first kappa shape index (κ1) is 34.7. The Morgan fingerprint density at radius 3 is 1.86 bits per heavy atom. The van der Waals surface area contributed by atoms with E-state index in [-0.39, 0.29) is 21.1 Å². The molecule has 2 heterocycles. The lowest BCUT2D eigenvalue weighted by molar-refractivity contribution is 0.216. The maximum absolute atomic E-state index is 5.94. The van der Waals surface area contributed by atoms with Crippen molar-refractivity contribution < 1.29 is 27.1 Å². The molecule has 0 saturated heterocycles. The van der Waals surface area contributed by atoms with Crippen molar-refractivity contribution in [3.8, 4) is 11.8 Å². The van der Waals surface area contributed by atoms with Gasteiger partial charge in [-0.15, -0.1) is 0 Å². The molecule has 2 rings (SSSR count). The molecule has 0 bridgehead atoms. The van der Waals surface area contributed by atoms with Gasteiger partial charge in [0, 0.05) is 62.7 Å². The summed E-state index contributed by atoms with van der Waals surface area (Å²) in [7, 11) is 2.92. The van der Waals surface area contributed by atoms with E-state index in [0.29, 0.717) is 25.0 Å². The van der Waals surface area contributed by atoms with Crippen LogP contribution in [0.3, 0.4) is 0 Å². The summed E-state index contributed by atoms with van der Waals surface area (Å²) in [4.78, 5) is 14.7. The van der Waals surface area contributed by atoms with E-state index >= 15 is 0 Å². The highest BCUT2D eigenvalue weighted by atomic mass is 35.5. The third-order valence-electron chi connectivity index (χ3n) is 4.14. The topological polar surface area (TPSA) is 97.3 Å². The number of pyridine rings is 1. The molecule has 0 unspecified atom stereocenters. The number of rotatable bonds is 13. The zero-order valence-electron chi connectivity index (χ0n) is 21.6. The van der Waals surface area contributed by atoms with Gasteiger partial charge < -0.3 is 23.0 Å². The molecule has 0 spiro atoms. The highest BCUT2D eigenvalue weighted by molar-refractivity contribution is 8.08. The summed E-state index contributed by atoms with van der Waals surface area (Å²) in [5.41, 5.74) is 0.806. The number of nitrogens with zero attached hydrogens (tertiary/aromatic N) is 4. The molecule has 0 aromatic carbocycles. The Morgan fingerprint density at radius 1 is 0.811 bits per heavy atom. The maximum Gasteiger partial charge on any atom is 0.381 e. The number of aromatic nitrogens is 3. The summed E-state index contributed by atoms with van der Waals surface area (Å²) in [6, 6.07) is 3.14. The largest absolute Gasteiger partial charge is 0.405 e. The molecule has 0 atom stereocenters. The van der Waals surface area contributed by atoms with E-state index in [0.717, 1.165) is 18.8 Å². The summed E-state index contributed by atoms with van der Waals surface area (Å²) < 4.78 is 31.8. The van der Waals surface area contributed by atoms with Gasteiger partial charge in [0.15, 0.2) is 5.15 Å². The monoisotopic (exact) mass is 654 g/mol. The molecule has 2 aromatic heterocycles. The Hall–Kier alpha value is -0.360. The van der Waals surface area contributed by atoms with Crippen molar-refractivity contribution in [3.63, 3.8) is 0 Å². The zero-order chi connectivity index (χ0) is 28.2. The van der Waals surface area contributed by atoms with Crippen molar-refractivity contribution in [1.82, 2.24) is 15.0 Å². The molecule has 210 valence electrons. The molecule has 0 saturated carbocycles. The quantitative estimate of drug-likeness (QED) is 0.161. The molecule has 0 radical (unpaired) electrons. The number of halogens is 3. The van der Waals surface area contributed by atoms with Crippen LogP contribution in [-0.2, 0) is 41.7 Å². The Morgan fingerprint density at radius 2 is 1.38 bits per heavy atom. The standard InChI is InChI=1S/C11H20N3O3PS.C9H11Cl3NO3PS/c1-6-14(7-2)11-12-9(3)8-10(13-11)17-18(19,15-4)16-5;1-3-14-17(18,15-4-2)16-9-7(11)5-6(10)8(12)13-9/h8H,6-7H2,1-5H3;5H,3-4H2,1-2H3. The summed E-state index contributed by atoms with van der Waals surface area (Å²) in [6.45, 7) is 6.22. The lowest BCUT2D eigenvalue weighted by Gasteiger charge is -2.21. The van der Waals surface area contributed by atoms with Gasteiger partial charge in [-0.2, -0.15) is 9.97 Å². The van der Waals surface area contributed by atoms with Crippen LogP contribution >= 0.6 is 48.2 Å². The van der Waals surface area contributed by atoms with E-state index in [9.17, 15) is 0 Å². The van der Waals surface area contributed by atoms with Gasteiger partial charge in [0.1, 0.15) is 5.02 Å². The minimum atomic E-state index is -2.92. The molecule has 2 aromatic rings. The molecule has 0 N–H and O–H groups in total. The first-order valence-corrected chi connectivity index (χ1v) is 17.3. The van der Waals surface area contributed by atoms with Crippen molar-refractivity contribution in [2.45, 2.75) is 34.6 Å². The molecule has 0 fully saturated rings. The van der Waals surface area contributed by atoms with Gasteiger partial charge in [0.25, 0.3) is 0 Å². The highest BCUT2D eigenvalue weighted by Crippen LogP contribution is 2.51. The third-order valence-corrected chi connectivity index (χ3v) is 9.91. The van der Waals surface area contributed by atoms with Crippen molar-refractivity contribution in [2.24, 2.45) is 0 Å². The zero-order valence-corrected chi connectivity index (χ0v) is 27.3. The Labute approximate surface area is 243 Å². The first-order valence-electron chi connectivity index (χ1n) is 11.0. The Balaban J connectivity index is 0.000000371. The molecule has 0 aliphatic heterocycles. The summed E-state index contributed by atoms with van der Waals surface area (Å²) in [5.74, 6) is 1.05. The van der Waals surface area contributed by atoms with Gasteiger partial charge in [0.05, 0.1) is 18.2 Å². The van der Waals surface area contributed by atoms with Crippen LogP contribution in [0.5, 0.6) is 11.8 Å². The minimum absolute atomic E-state index is 0.0521. The normalized spacial score (nSPS) is 11.5. The predicted octanol–water partition coefficient (Wildman–Crippen LogP) is 7.25. The maximum atomic E-state index is 5.94. The fourth-order valence-electron chi connectivity index (χ4n) is 2.49. The fraction of sp³-hybridized carbons (Fsp3) is 0.550. The average Bonchev–Trinajstić information content (AvgIpc) is 2.83. The van der Waals surface area contributed by atoms with Crippen LogP contribution in [0.2, 0.25) is 15.2 Å². The van der Waals surface area contributed by atoms with Gasteiger partial charge in [-0.25, -0.2) is 4.98 Å². The second-order valence-corrected chi connectivity index (χ2v) is 13.9. The number of hydrogen-bond acceptors (Lipinski definition) is 12. The molecular weight excluding hydrogens is 625 g/mol. The predicted molar refractivity (Wildman–Crippen MR) is 157 cm³/mol. The van der Waals surface area contributed by atoms with Crippen LogP contribution in [0.15, 0.2) is 12.1 Å². The summed E-state index contributed by atoms with van der Waals surface area (Å²) >= 11 is 27.8. The van der Waals surface area contributed by atoms with Crippen molar-refractivity contribution in [1.29, 1.82) is 0 Å². The van der Waals surface area contributed by atoms with E-state index in [1.165, 1.54) is 20.3 Å². The van der Waals surface area contributed by atoms with Crippen LogP contribution in [-0.4, -0.2) is 55.5 Å². The number of hydrogen-bond donors (Lipinski definition) is 0. The molecule has 0 aliphatic rings. The number of aryl methyl sites for hydroxylation is 1. The molecule has 10 nitrogen and oxygen atoms in total. The van der Waals surface area contributed by atoms with Crippen LogP contribution in [0, 0.1) is 6.92 Å². The Bertz CT molecular complexity index is 1100. The number of anilines is 1. The first-order chi connectivity index (χ1) is 17.4. The van der Waals surface area contributed by atoms with Gasteiger partial charge >= 0.3 is 13.4 Å². The van der Waals surface area contributed by atoms with E-state index in [2.05, 4.69) is 15.0 Å². The summed E-state index contributed by atoms with van der Waals surface area (Å²) in [6.07, 6.45) is 0. The van der Waals surface area contributed by atoms with E-state index < -0.39 is 13.4 Å². The molecule has 17 heteroatoms. The average molecular weight is 656 g/mol. The second-order valence-electron chi connectivity index (χ2n) is 6.65. The lowest BCUT2D eigenvalue weighted by Crippen LogP contribution is -2.24. The van der Waals surface area contributed by atoms with Crippen LogP contribution in [0.1, 0.15) is 33.4 Å². The van der Waals surface area contributed by atoms with E-state index in [1.54, 1.807) is 19.9 Å². The SMILES string of the molecule is CCN(CC)c1nc(C)cc(OP(=S)(OC)OC)n1.CCOP(=S)(OCC)Oc1nc(Cl)c(Cl)cc1Cl. The third kappa shape index (κ3) is 11.3. The van der Waals surface area contributed by atoms with Crippen LogP contribution < -0.4 is 13.9 Å². The summed E-state index contributed by atoms with van der Waals surface area (Å²) in [5, 5.41) is 0.499. The molecule has 0 amide bonds. The van der Waals surface area contributed by atoms with Crippen LogP contribution in [0.25, 0.3) is 0 Å². The molecule has 37 heavy (non-hydrogen) atoms. The van der Waals surface area contributed by atoms with Crippen molar-refractivity contribution in [2.75, 3.05) is 45.4 Å². The van der Waals surface area contributed by atoms with Crippen LogP contribution in [0.4, 0.5) is 5.95 Å². The van der Waals surface area contributed by atoms with Gasteiger partial charge in [-0.3, -0.25) is 9.05 Å². The van der Waals surface area contributed by atoms with E-state index in [1.807, 2.05) is 25.7 Å². The van der Waals surface area contributed by atoms with E-state index in [4.69, 9.17) is 85.6 Å². The smallest absolute Gasteiger partial charge is 0.381 e. The highest BCUT2D eigenvalue weighted by Gasteiger charge is 2.24. The fourth-order valence-corrected chi connectivity index (χ4v) is 5.93.